The Morgan fingerprint density at radius 2 is 2.07 bits per heavy atom. The summed E-state index contributed by atoms with van der Waals surface area (Å²) in [6.45, 7) is 3.01. The summed E-state index contributed by atoms with van der Waals surface area (Å²) < 4.78 is 27.1. The molecule has 8 heteroatoms. The summed E-state index contributed by atoms with van der Waals surface area (Å²) in [5.74, 6) is 1.51. The molecule has 1 fully saturated rings. The molecule has 1 amide bonds. The number of thioether (sulfide) groups is 1. The molecule has 1 aliphatic rings. The molecule has 0 aliphatic carbocycles. The smallest absolute Gasteiger partial charge is 0.253 e. The van der Waals surface area contributed by atoms with E-state index in [1.807, 2.05) is 0 Å². The van der Waals surface area contributed by atoms with Crippen LogP contribution in [0.3, 0.4) is 0 Å². The van der Waals surface area contributed by atoms with Crippen molar-refractivity contribution in [3.05, 3.63) is 52.9 Å². The molecule has 1 aliphatic heterocycles. The molecule has 1 unspecified atom stereocenters. The van der Waals surface area contributed by atoms with Crippen LogP contribution in [-0.2, 0) is 20.6 Å². The number of carbonyl (C=O) groups excluding carboxylic acids is 1. The number of thiophene rings is 1. The van der Waals surface area contributed by atoms with Crippen LogP contribution in [0, 0.1) is 6.92 Å². The number of benzene rings is 1. The third-order valence-electron chi connectivity index (χ3n) is 4.50. The predicted molar refractivity (Wildman–Crippen MR) is 112 cm³/mol. The monoisotopic (exact) mass is 424 g/mol. The second kappa shape index (κ2) is 9.23. The van der Waals surface area contributed by atoms with E-state index >= 15 is 0 Å². The minimum atomic E-state index is -3.58. The Morgan fingerprint density at radius 3 is 2.78 bits per heavy atom. The van der Waals surface area contributed by atoms with Gasteiger partial charge in [-0.15, -0.1) is 11.3 Å². The zero-order valence-corrected chi connectivity index (χ0v) is 17.7. The SMILES string of the molecule is Cc1ccc(CSCCNC(=O)C2CCCN2S(=O)(=O)c2cccs2)cc1. The van der Waals surface area contributed by atoms with E-state index in [-0.39, 0.29) is 5.91 Å². The maximum atomic E-state index is 12.7. The summed E-state index contributed by atoms with van der Waals surface area (Å²) in [6.07, 6.45) is 1.29. The molecular weight excluding hydrogens is 400 g/mol. The summed E-state index contributed by atoms with van der Waals surface area (Å²) in [5.41, 5.74) is 2.51. The van der Waals surface area contributed by atoms with E-state index in [0.717, 1.165) is 11.5 Å². The minimum absolute atomic E-state index is 0.191. The van der Waals surface area contributed by atoms with Gasteiger partial charge in [-0.2, -0.15) is 16.1 Å². The van der Waals surface area contributed by atoms with Crippen LogP contribution in [0.25, 0.3) is 0 Å². The van der Waals surface area contributed by atoms with Gasteiger partial charge in [0.25, 0.3) is 10.0 Å². The van der Waals surface area contributed by atoms with Gasteiger partial charge in [-0.1, -0.05) is 35.9 Å². The maximum absolute atomic E-state index is 12.7. The zero-order chi connectivity index (χ0) is 19.3. The summed E-state index contributed by atoms with van der Waals surface area (Å²) in [7, 11) is -3.58. The van der Waals surface area contributed by atoms with Gasteiger partial charge in [-0.05, 0) is 36.8 Å². The maximum Gasteiger partial charge on any atom is 0.253 e. The van der Waals surface area contributed by atoms with Crippen molar-refractivity contribution in [1.29, 1.82) is 0 Å². The highest BCUT2D eigenvalue weighted by atomic mass is 32.2. The lowest BCUT2D eigenvalue weighted by molar-refractivity contribution is -0.124. The van der Waals surface area contributed by atoms with Crippen LogP contribution in [0.5, 0.6) is 0 Å². The van der Waals surface area contributed by atoms with Crippen molar-refractivity contribution in [2.24, 2.45) is 0 Å². The van der Waals surface area contributed by atoms with Crippen molar-refractivity contribution in [3.63, 3.8) is 0 Å². The Morgan fingerprint density at radius 1 is 1.30 bits per heavy atom. The van der Waals surface area contributed by atoms with Crippen LogP contribution in [-0.4, -0.2) is 43.5 Å². The fourth-order valence-corrected chi connectivity index (χ4v) is 6.65. The first-order valence-electron chi connectivity index (χ1n) is 8.95. The van der Waals surface area contributed by atoms with Crippen molar-refractivity contribution in [3.8, 4) is 0 Å². The molecule has 1 aromatic carbocycles. The molecule has 0 radical (unpaired) electrons. The molecule has 2 heterocycles. The molecule has 1 saturated heterocycles. The molecule has 1 atom stereocenters. The van der Waals surface area contributed by atoms with Gasteiger partial charge in [0.05, 0.1) is 0 Å². The standard InChI is InChI=1S/C19H24N2O3S3/c1-15-6-8-16(9-7-15)14-25-13-10-20-19(22)17-4-2-11-21(17)27(23,24)18-5-3-12-26-18/h3,5-9,12,17H,2,4,10-11,13-14H2,1H3,(H,20,22). The lowest BCUT2D eigenvalue weighted by Crippen LogP contribution is -2.46. The number of nitrogens with zero attached hydrogens (tertiary/aromatic N) is 1. The Hall–Kier alpha value is -1.35. The third kappa shape index (κ3) is 5.13. The fourth-order valence-electron chi connectivity index (χ4n) is 3.05. The number of nitrogens with one attached hydrogen (secondary N) is 1. The summed E-state index contributed by atoms with van der Waals surface area (Å²) in [6, 6.07) is 11.1. The van der Waals surface area contributed by atoms with Crippen LogP contribution < -0.4 is 5.32 Å². The van der Waals surface area contributed by atoms with Crippen molar-refractivity contribution >= 4 is 39.0 Å². The first-order chi connectivity index (χ1) is 13.0. The third-order valence-corrected chi connectivity index (χ3v) is 8.81. The largest absolute Gasteiger partial charge is 0.354 e. The van der Waals surface area contributed by atoms with Gasteiger partial charge in [0.1, 0.15) is 10.3 Å². The number of sulfonamides is 1. The second-order valence-electron chi connectivity index (χ2n) is 6.54. The van der Waals surface area contributed by atoms with Crippen LogP contribution in [0.15, 0.2) is 46.0 Å². The highest BCUT2D eigenvalue weighted by Gasteiger charge is 2.39. The average molecular weight is 425 g/mol. The first-order valence-corrected chi connectivity index (χ1v) is 12.4. The number of hydrogen-bond acceptors (Lipinski definition) is 5. The predicted octanol–water partition coefficient (Wildman–Crippen LogP) is 3.26. The van der Waals surface area contributed by atoms with E-state index in [1.165, 1.54) is 26.8 Å². The van der Waals surface area contributed by atoms with Crippen LogP contribution in [0.2, 0.25) is 0 Å². The van der Waals surface area contributed by atoms with Crippen molar-refractivity contribution in [2.75, 3.05) is 18.8 Å². The Bertz CT molecular complexity index is 849. The van der Waals surface area contributed by atoms with Gasteiger partial charge in [-0.3, -0.25) is 4.79 Å². The number of carbonyl (C=O) groups is 1. The van der Waals surface area contributed by atoms with Gasteiger partial charge in [0.15, 0.2) is 0 Å². The summed E-state index contributed by atoms with van der Waals surface area (Å²) >= 11 is 2.95. The first kappa shape index (κ1) is 20.4. The molecule has 1 N–H and O–H groups in total. The Labute approximate surface area is 169 Å². The van der Waals surface area contributed by atoms with E-state index in [9.17, 15) is 13.2 Å². The zero-order valence-electron chi connectivity index (χ0n) is 15.3. The Kier molecular flexibility index (Phi) is 6.97. The van der Waals surface area contributed by atoms with E-state index < -0.39 is 16.1 Å². The number of hydrogen-bond donors (Lipinski definition) is 1. The summed E-state index contributed by atoms with van der Waals surface area (Å²) in [4.78, 5) is 12.5. The average Bonchev–Trinajstić information content (AvgIpc) is 3.35. The van der Waals surface area contributed by atoms with E-state index in [2.05, 4.69) is 36.5 Å². The molecule has 1 aromatic heterocycles. The van der Waals surface area contributed by atoms with Gasteiger partial charge in [-0.25, -0.2) is 8.42 Å². The molecule has 146 valence electrons. The van der Waals surface area contributed by atoms with E-state index in [4.69, 9.17) is 0 Å². The molecular formula is C19H24N2O3S3. The van der Waals surface area contributed by atoms with E-state index in [1.54, 1.807) is 29.3 Å². The van der Waals surface area contributed by atoms with Gasteiger partial charge >= 0.3 is 0 Å². The van der Waals surface area contributed by atoms with Crippen LogP contribution >= 0.6 is 23.1 Å². The highest BCUT2D eigenvalue weighted by Crippen LogP contribution is 2.28. The topological polar surface area (TPSA) is 66.5 Å². The van der Waals surface area contributed by atoms with Gasteiger partial charge < -0.3 is 5.32 Å². The highest BCUT2D eigenvalue weighted by molar-refractivity contribution is 7.98. The molecule has 0 spiro atoms. The summed E-state index contributed by atoms with van der Waals surface area (Å²) in [5, 5.41) is 4.64. The lowest BCUT2D eigenvalue weighted by Gasteiger charge is -2.22. The number of aryl methyl sites for hydroxylation is 1. The van der Waals surface area contributed by atoms with Crippen molar-refractivity contribution in [1.82, 2.24) is 9.62 Å². The molecule has 0 saturated carbocycles. The quantitative estimate of drug-likeness (QED) is 0.661. The number of amides is 1. The van der Waals surface area contributed by atoms with Crippen molar-refractivity contribution < 1.29 is 13.2 Å². The molecule has 5 nitrogen and oxygen atoms in total. The van der Waals surface area contributed by atoms with Crippen molar-refractivity contribution in [2.45, 2.75) is 35.8 Å². The lowest BCUT2D eigenvalue weighted by atomic mass is 10.2. The number of rotatable bonds is 8. The molecule has 3 rings (SSSR count). The second-order valence-corrected chi connectivity index (χ2v) is 10.7. The van der Waals surface area contributed by atoms with Gasteiger partial charge in [0, 0.05) is 24.6 Å². The fraction of sp³-hybridized carbons (Fsp3) is 0.421. The molecule has 2 aromatic rings. The van der Waals surface area contributed by atoms with Gasteiger partial charge in [0.2, 0.25) is 5.91 Å². The molecule has 0 bridgehead atoms. The Balaban J connectivity index is 1.46. The van der Waals surface area contributed by atoms with Crippen LogP contribution in [0.4, 0.5) is 0 Å². The minimum Gasteiger partial charge on any atom is -0.354 e. The van der Waals surface area contributed by atoms with Crippen LogP contribution in [0.1, 0.15) is 24.0 Å². The van der Waals surface area contributed by atoms with E-state index in [0.29, 0.717) is 30.1 Å². The normalized spacial score (nSPS) is 17.9. The molecule has 27 heavy (non-hydrogen) atoms.